The number of nitrogens with zero attached hydrogens (tertiary/aromatic N) is 1. The zero-order valence-corrected chi connectivity index (χ0v) is 13.0. The highest BCUT2D eigenvalue weighted by molar-refractivity contribution is 5.85. The van der Waals surface area contributed by atoms with Gasteiger partial charge in [0.05, 0.1) is 12.5 Å². The van der Waals surface area contributed by atoms with Crippen LogP contribution in [0.5, 0.6) is 0 Å². The maximum Gasteiger partial charge on any atom is 0.225 e. The van der Waals surface area contributed by atoms with E-state index in [2.05, 4.69) is 10.6 Å². The summed E-state index contributed by atoms with van der Waals surface area (Å²) in [5.41, 5.74) is 0.964. The van der Waals surface area contributed by atoms with Crippen molar-refractivity contribution in [2.75, 3.05) is 26.2 Å². The van der Waals surface area contributed by atoms with Gasteiger partial charge in [0.2, 0.25) is 11.8 Å². The number of halogens is 1. The second-order valence-corrected chi connectivity index (χ2v) is 5.00. The van der Waals surface area contributed by atoms with E-state index in [4.69, 9.17) is 0 Å². The number of benzene rings is 1. The Morgan fingerprint density at radius 1 is 1.24 bits per heavy atom. The number of hydrogen-bond donors (Lipinski definition) is 2. The molecule has 1 saturated heterocycles. The van der Waals surface area contributed by atoms with Crippen LogP contribution in [0.2, 0.25) is 0 Å². The minimum atomic E-state index is -0.254. The Bertz CT molecular complexity index is 461. The molecule has 1 atom stereocenters. The highest BCUT2D eigenvalue weighted by atomic mass is 35.5. The molecule has 1 heterocycles. The first-order valence-corrected chi connectivity index (χ1v) is 6.97. The van der Waals surface area contributed by atoms with Gasteiger partial charge in [-0.3, -0.25) is 9.59 Å². The Balaban J connectivity index is 0.00000220. The van der Waals surface area contributed by atoms with Gasteiger partial charge in [-0.2, -0.15) is 0 Å². The first-order valence-electron chi connectivity index (χ1n) is 6.97. The molecule has 1 unspecified atom stereocenters. The summed E-state index contributed by atoms with van der Waals surface area (Å²) in [6, 6.07) is 9.37. The van der Waals surface area contributed by atoms with Crippen LogP contribution in [0.25, 0.3) is 0 Å². The number of carbonyl (C=O) groups excluding carboxylic acids is 2. The maximum absolute atomic E-state index is 12.3. The van der Waals surface area contributed by atoms with Gasteiger partial charge in [0, 0.05) is 33.1 Å². The molecular weight excluding hydrogens is 290 g/mol. The molecule has 2 amide bonds. The van der Waals surface area contributed by atoms with E-state index < -0.39 is 0 Å². The lowest BCUT2D eigenvalue weighted by atomic mass is 10.0. The van der Waals surface area contributed by atoms with Crippen molar-refractivity contribution in [1.29, 1.82) is 0 Å². The molecule has 0 aliphatic carbocycles. The lowest BCUT2D eigenvalue weighted by Gasteiger charge is -2.29. The highest BCUT2D eigenvalue weighted by Gasteiger charge is 2.22. The van der Waals surface area contributed by atoms with Crippen molar-refractivity contribution < 1.29 is 9.59 Å². The van der Waals surface area contributed by atoms with Crippen LogP contribution in [0.4, 0.5) is 0 Å². The van der Waals surface area contributed by atoms with Crippen LogP contribution in [-0.2, 0) is 9.59 Å². The zero-order valence-electron chi connectivity index (χ0n) is 12.2. The molecule has 5 nitrogen and oxygen atoms in total. The van der Waals surface area contributed by atoms with Crippen molar-refractivity contribution in [3.63, 3.8) is 0 Å². The number of nitrogens with one attached hydrogen (secondary N) is 2. The third kappa shape index (κ3) is 5.36. The SMILES string of the molecule is CC(=O)NC(CC(=O)N1CCNCC1)c1ccccc1.Cl. The average Bonchev–Trinajstić information content (AvgIpc) is 2.48. The van der Waals surface area contributed by atoms with Gasteiger partial charge in [-0.05, 0) is 5.56 Å². The fourth-order valence-electron chi connectivity index (χ4n) is 2.40. The lowest BCUT2D eigenvalue weighted by Crippen LogP contribution is -2.47. The molecule has 0 spiro atoms. The Morgan fingerprint density at radius 2 is 1.86 bits per heavy atom. The van der Waals surface area contributed by atoms with E-state index in [1.807, 2.05) is 35.2 Å². The Labute approximate surface area is 131 Å². The van der Waals surface area contributed by atoms with E-state index in [0.717, 1.165) is 31.7 Å². The van der Waals surface area contributed by atoms with Crippen molar-refractivity contribution >= 4 is 24.2 Å². The van der Waals surface area contributed by atoms with Crippen molar-refractivity contribution in [3.8, 4) is 0 Å². The van der Waals surface area contributed by atoms with Gasteiger partial charge in [0.1, 0.15) is 0 Å². The molecule has 1 aliphatic heterocycles. The second-order valence-electron chi connectivity index (χ2n) is 5.00. The monoisotopic (exact) mass is 311 g/mol. The second kappa shape index (κ2) is 8.64. The number of carbonyl (C=O) groups is 2. The third-order valence-corrected chi connectivity index (χ3v) is 3.43. The third-order valence-electron chi connectivity index (χ3n) is 3.43. The zero-order chi connectivity index (χ0) is 14.4. The van der Waals surface area contributed by atoms with Crippen molar-refractivity contribution in [2.45, 2.75) is 19.4 Å². The first-order chi connectivity index (χ1) is 9.66. The molecular formula is C15H22ClN3O2. The molecule has 1 fully saturated rings. The van der Waals surface area contributed by atoms with Crippen LogP contribution in [0, 0.1) is 0 Å². The van der Waals surface area contributed by atoms with Crippen LogP contribution < -0.4 is 10.6 Å². The number of hydrogen-bond acceptors (Lipinski definition) is 3. The maximum atomic E-state index is 12.3. The molecule has 2 rings (SSSR count). The number of rotatable bonds is 4. The largest absolute Gasteiger partial charge is 0.349 e. The van der Waals surface area contributed by atoms with E-state index in [1.165, 1.54) is 6.92 Å². The van der Waals surface area contributed by atoms with Crippen molar-refractivity contribution in [2.24, 2.45) is 0 Å². The van der Waals surface area contributed by atoms with Crippen molar-refractivity contribution in [3.05, 3.63) is 35.9 Å². The van der Waals surface area contributed by atoms with Gasteiger partial charge >= 0.3 is 0 Å². The summed E-state index contributed by atoms with van der Waals surface area (Å²) in [6.45, 7) is 4.62. The van der Waals surface area contributed by atoms with E-state index in [1.54, 1.807) is 0 Å². The Kier molecular flexibility index (Phi) is 7.19. The average molecular weight is 312 g/mol. The Morgan fingerprint density at radius 3 is 2.43 bits per heavy atom. The van der Waals surface area contributed by atoms with E-state index >= 15 is 0 Å². The molecule has 21 heavy (non-hydrogen) atoms. The van der Waals surface area contributed by atoms with Crippen LogP contribution in [-0.4, -0.2) is 42.9 Å². The summed E-state index contributed by atoms with van der Waals surface area (Å²) in [7, 11) is 0. The minimum Gasteiger partial charge on any atom is -0.349 e. The summed E-state index contributed by atoms with van der Waals surface area (Å²) in [5.74, 6) is -0.0268. The summed E-state index contributed by atoms with van der Waals surface area (Å²) >= 11 is 0. The molecule has 1 aromatic rings. The Hall–Kier alpha value is -1.59. The minimum absolute atomic E-state index is 0. The van der Waals surface area contributed by atoms with E-state index in [-0.39, 0.29) is 30.3 Å². The number of piperazine rings is 1. The lowest BCUT2D eigenvalue weighted by molar-refractivity contribution is -0.132. The summed E-state index contributed by atoms with van der Waals surface area (Å²) < 4.78 is 0. The van der Waals surface area contributed by atoms with Gasteiger partial charge in [-0.15, -0.1) is 12.4 Å². The molecule has 1 aliphatic rings. The van der Waals surface area contributed by atoms with Crippen LogP contribution in [0.15, 0.2) is 30.3 Å². The smallest absolute Gasteiger partial charge is 0.225 e. The predicted octanol–water partition coefficient (Wildman–Crippen LogP) is 1.11. The molecule has 0 aromatic heterocycles. The van der Waals surface area contributed by atoms with Crippen molar-refractivity contribution in [1.82, 2.24) is 15.5 Å². The number of amides is 2. The molecule has 6 heteroatoms. The van der Waals surface area contributed by atoms with Gasteiger partial charge in [-0.1, -0.05) is 30.3 Å². The first kappa shape index (κ1) is 17.5. The molecule has 0 bridgehead atoms. The fraction of sp³-hybridized carbons (Fsp3) is 0.467. The normalized spacial score (nSPS) is 15.8. The topological polar surface area (TPSA) is 61.4 Å². The predicted molar refractivity (Wildman–Crippen MR) is 84.3 cm³/mol. The van der Waals surface area contributed by atoms with E-state index in [9.17, 15) is 9.59 Å². The highest BCUT2D eigenvalue weighted by Crippen LogP contribution is 2.18. The molecule has 2 N–H and O–H groups in total. The van der Waals surface area contributed by atoms with Gasteiger partial charge in [0.25, 0.3) is 0 Å². The van der Waals surface area contributed by atoms with Crippen LogP contribution >= 0.6 is 12.4 Å². The fourth-order valence-corrected chi connectivity index (χ4v) is 2.40. The molecule has 0 radical (unpaired) electrons. The van der Waals surface area contributed by atoms with Gasteiger partial charge < -0.3 is 15.5 Å². The molecule has 1 aromatic carbocycles. The van der Waals surface area contributed by atoms with Gasteiger partial charge in [-0.25, -0.2) is 0 Å². The van der Waals surface area contributed by atoms with Crippen LogP contribution in [0.3, 0.4) is 0 Å². The quantitative estimate of drug-likeness (QED) is 0.875. The summed E-state index contributed by atoms with van der Waals surface area (Å²) in [4.78, 5) is 25.5. The molecule has 116 valence electrons. The van der Waals surface area contributed by atoms with Gasteiger partial charge in [0.15, 0.2) is 0 Å². The van der Waals surface area contributed by atoms with E-state index in [0.29, 0.717) is 6.42 Å². The van der Waals surface area contributed by atoms with Crippen LogP contribution in [0.1, 0.15) is 24.9 Å². The summed E-state index contributed by atoms with van der Waals surface area (Å²) in [5, 5.41) is 6.09. The molecule has 0 saturated carbocycles. The summed E-state index contributed by atoms with van der Waals surface area (Å²) in [6.07, 6.45) is 0.309. The standard InChI is InChI=1S/C15H21N3O2.ClH/c1-12(19)17-14(13-5-3-2-4-6-13)11-15(20)18-9-7-16-8-10-18;/h2-6,14,16H,7-11H2,1H3,(H,17,19);1H.